The van der Waals surface area contributed by atoms with Gasteiger partial charge in [0.25, 0.3) is 0 Å². The van der Waals surface area contributed by atoms with Crippen LogP contribution in [0.15, 0.2) is 18.2 Å². The molecule has 2 nitrogen and oxygen atoms in total. The molecular formula is C15H22FNO. The van der Waals surface area contributed by atoms with Gasteiger partial charge in [0.15, 0.2) is 0 Å². The SMILES string of the molecule is CCC1(CC)CNCC(c2ccc(C)c(F)c2)O1. The van der Waals surface area contributed by atoms with E-state index in [1.54, 1.807) is 13.0 Å². The van der Waals surface area contributed by atoms with E-state index in [4.69, 9.17) is 4.74 Å². The van der Waals surface area contributed by atoms with Crippen molar-refractivity contribution in [3.8, 4) is 0 Å². The van der Waals surface area contributed by atoms with E-state index in [2.05, 4.69) is 19.2 Å². The van der Waals surface area contributed by atoms with Gasteiger partial charge in [-0.05, 0) is 37.0 Å². The van der Waals surface area contributed by atoms with Gasteiger partial charge in [0, 0.05) is 13.1 Å². The Morgan fingerprint density at radius 3 is 2.72 bits per heavy atom. The van der Waals surface area contributed by atoms with Gasteiger partial charge in [0.05, 0.1) is 11.7 Å². The molecule has 0 aromatic heterocycles. The van der Waals surface area contributed by atoms with Crippen LogP contribution in [-0.4, -0.2) is 18.7 Å². The summed E-state index contributed by atoms with van der Waals surface area (Å²) in [5.41, 5.74) is 1.50. The van der Waals surface area contributed by atoms with Crippen LogP contribution in [0.25, 0.3) is 0 Å². The standard InChI is InChI=1S/C15H22FNO/c1-4-15(5-2)10-17-9-14(18-15)12-7-6-11(3)13(16)8-12/h6-8,14,17H,4-5,9-10H2,1-3H3. The molecule has 0 radical (unpaired) electrons. The first-order valence-corrected chi connectivity index (χ1v) is 6.75. The summed E-state index contributed by atoms with van der Waals surface area (Å²) >= 11 is 0. The van der Waals surface area contributed by atoms with Crippen LogP contribution < -0.4 is 5.32 Å². The Morgan fingerprint density at radius 1 is 1.39 bits per heavy atom. The lowest BCUT2D eigenvalue weighted by Crippen LogP contribution is -2.50. The van der Waals surface area contributed by atoms with E-state index in [1.807, 2.05) is 12.1 Å². The molecule has 100 valence electrons. The molecule has 1 aliphatic heterocycles. The van der Waals surface area contributed by atoms with Crippen molar-refractivity contribution in [1.29, 1.82) is 0 Å². The Bertz CT molecular complexity index is 415. The van der Waals surface area contributed by atoms with Crippen molar-refractivity contribution in [3.63, 3.8) is 0 Å². The highest BCUT2D eigenvalue weighted by Crippen LogP contribution is 2.32. The molecule has 1 aromatic rings. The zero-order valence-corrected chi connectivity index (χ0v) is 11.4. The van der Waals surface area contributed by atoms with Crippen LogP contribution in [0, 0.1) is 12.7 Å². The second-order valence-corrected chi connectivity index (χ2v) is 5.14. The normalized spacial score (nSPS) is 23.0. The van der Waals surface area contributed by atoms with Crippen LogP contribution in [0.2, 0.25) is 0 Å². The highest BCUT2D eigenvalue weighted by molar-refractivity contribution is 5.25. The molecule has 1 heterocycles. The first-order chi connectivity index (χ1) is 8.60. The summed E-state index contributed by atoms with van der Waals surface area (Å²) in [5.74, 6) is -0.153. The molecule has 3 heteroatoms. The van der Waals surface area contributed by atoms with Crippen molar-refractivity contribution in [2.24, 2.45) is 0 Å². The Labute approximate surface area is 109 Å². The molecule has 1 aliphatic rings. The molecule has 0 bridgehead atoms. The number of hydrogen-bond acceptors (Lipinski definition) is 2. The van der Waals surface area contributed by atoms with Gasteiger partial charge in [0.1, 0.15) is 5.82 Å². The van der Waals surface area contributed by atoms with E-state index >= 15 is 0 Å². The average Bonchev–Trinajstić information content (AvgIpc) is 2.42. The number of hydrogen-bond donors (Lipinski definition) is 1. The first-order valence-electron chi connectivity index (χ1n) is 6.75. The predicted molar refractivity (Wildman–Crippen MR) is 71.1 cm³/mol. The summed E-state index contributed by atoms with van der Waals surface area (Å²) < 4.78 is 19.8. The third-order valence-corrected chi connectivity index (χ3v) is 4.03. The molecule has 18 heavy (non-hydrogen) atoms. The summed E-state index contributed by atoms with van der Waals surface area (Å²) in [5, 5.41) is 3.41. The zero-order chi connectivity index (χ0) is 13.2. The number of morpholine rings is 1. The molecule has 0 amide bonds. The van der Waals surface area contributed by atoms with Crippen LogP contribution in [-0.2, 0) is 4.74 Å². The maximum absolute atomic E-state index is 13.6. The van der Waals surface area contributed by atoms with Gasteiger partial charge in [-0.2, -0.15) is 0 Å². The first kappa shape index (κ1) is 13.5. The lowest BCUT2D eigenvalue weighted by Gasteiger charge is -2.41. The van der Waals surface area contributed by atoms with Gasteiger partial charge >= 0.3 is 0 Å². The van der Waals surface area contributed by atoms with E-state index in [-0.39, 0.29) is 17.5 Å². The van der Waals surface area contributed by atoms with Crippen LogP contribution in [0.1, 0.15) is 43.9 Å². The summed E-state index contributed by atoms with van der Waals surface area (Å²) in [6, 6.07) is 5.39. The van der Waals surface area contributed by atoms with Crippen molar-refractivity contribution >= 4 is 0 Å². The summed E-state index contributed by atoms with van der Waals surface area (Å²) in [6.45, 7) is 7.70. The molecule has 1 saturated heterocycles. The van der Waals surface area contributed by atoms with E-state index in [0.29, 0.717) is 5.56 Å². The fourth-order valence-electron chi connectivity index (χ4n) is 2.48. The maximum atomic E-state index is 13.6. The second-order valence-electron chi connectivity index (χ2n) is 5.14. The van der Waals surface area contributed by atoms with E-state index in [0.717, 1.165) is 31.5 Å². The van der Waals surface area contributed by atoms with Crippen molar-refractivity contribution in [2.45, 2.75) is 45.3 Å². The minimum absolute atomic E-state index is 0.0475. The molecule has 1 N–H and O–H groups in total. The second kappa shape index (κ2) is 5.37. The largest absolute Gasteiger partial charge is 0.364 e. The van der Waals surface area contributed by atoms with Crippen molar-refractivity contribution in [1.82, 2.24) is 5.32 Å². The van der Waals surface area contributed by atoms with Gasteiger partial charge in [0.2, 0.25) is 0 Å². The Balaban J connectivity index is 2.20. The molecule has 1 fully saturated rings. The third kappa shape index (κ3) is 2.57. The topological polar surface area (TPSA) is 21.3 Å². The van der Waals surface area contributed by atoms with Crippen molar-refractivity contribution in [3.05, 3.63) is 35.1 Å². The lowest BCUT2D eigenvalue weighted by molar-refractivity contribution is -0.122. The molecule has 0 saturated carbocycles. The lowest BCUT2D eigenvalue weighted by atomic mass is 9.93. The molecule has 1 atom stereocenters. The Kier molecular flexibility index (Phi) is 4.03. The smallest absolute Gasteiger partial charge is 0.126 e. The summed E-state index contributed by atoms with van der Waals surface area (Å²) in [4.78, 5) is 0. The van der Waals surface area contributed by atoms with E-state index < -0.39 is 0 Å². The van der Waals surface area contributed by atoms with Gasteiger partial charge < -0.3 is 10.1 Å². The number of nitrogens with one attached hydrogen (secondary N) is 1. The van der Waals surface area contributed by atoms with Crippen molar-refractivity contribution < 1.29 is 9.13 Å². The van der Waals surface area contributed by atoms with Crippen LogP contribution in [0.3, 0.4) is 0 Å². The summed E-state index contributed by atoms with van der Waals surface area (Å²) in [7, 11) is 0. The number of benzene rings is 1. The molecular weight excluding hydrogens is 229 g/mol. The highest BCUT2D eigenvalue weighted by Gasteiger charge is 2.34. The van der Waals surface area contributed by atoms with Crippen LogP contribution in [0.4, 0.5) is 4.39 Å². The minimum Gasteiger partial charge on any atom is -0.364 e. The zero-order valence-electron chi connectivity index (χ0n) is 11.4. The Morgan fingerprint density at radius 2 is 2.11 bits per heavy atom. The molecule has 2 rings (SSSR count). The number of rotatable bonds is 3. The van der Waals surface area contributed by atoms with Crippen molar-refractivity contribution in [2.75, 3.05) is 13.1 Å². The van der Waals surface area contributed by atoms with E-state index in [1.165, 1.54) is 0 Å². The number of ether oxygens (including phenoxy) is 1. The predicted octanol–water partition coefficient (Wildman–Crippen LogP) is 3.35. The monoisotopic (exact) mass is 251 g/mol. The highest BCUT2D eigenvalue weighted by atomic mass is 19.1. The van der Waals surface area contributed by atoms with Gasteiger partial charge in [-0.15, -0.1) is 0 Å². The molecule has 1 aromatic carbocycles. The fourth-order valence-corrected chi connectivity index (χ4v) is 2.48. The Hall–Kier alpha value is -0.930. The van der Waals surface area contributed by atoms with Gasteiger partial charge in [-0.1, -0.05) is 26.0 Å². The number of halogens is 1. The minimum atomic E-state index is -0.153. The van der Waals surface area contributed by atoms with Gasteiger partial charge in [-0.3, -0.25) is 0 Å². The summed E-state index contributed by atoms with van der Waals surface area (Å²) in [6.07, 6.45) is 1.90. The maximum Gasteiger partial charge on any atom is 0.126 e. The van der Waals surface area contributed by atoms with E-state index in [9.17, 15) is 4.39 Å². The number of aryl methyl sites for hydroxylation is 1. The molecule has 1 unspecified atom stereocenters. The average molecular weight is 251 g/mol. The van der Waals surface area contributed by atoms with Crippen LogP contribution >= 0.6 is 0 Å². The quantitative estimate of drug-likeness (QED) is 0.889. The molecule has 0 aliphatic carbocycles. The van der Waals surface area contributed by atoms with Gasteiger partial charge in [-0.25, -0.2) is 4.39 Å². The third-order valence-electron chi connectivity index (χ3n) is 4.03. The fraction of sp³-hybridized carbons (Fsp3) is 0.600. The molecule has 0 spiro atoms. The van der Waals surface area contributed by atoms with Crippen LogP contribution in [0.5, 0.6) is 0 Å².